The molecule has 0 heterocycles. The first-order valence-electron chi connectivity index (χ1n) is 5.83. The fourth-order valence-corrected chi connectivity index (χ4v) is 3.54. The Bertz CT molecular complexity index is 523. The molecule has 0 saturated heterocycles. The molecule has 2 heteroatoms. The third-order valence-corrected chi connectivity index (χ3v) is 4.47. The van der Waals surface area contributed by atoms with Crippen LogP contribution in [-0.2, 0) is 11.4 Å². The summed E-state index contributed by atoms with van der Waals surface area (Å²) in [5.41, 5.74) is 2.35. The van der Waals surface area contributed by atoms with Gasteiger partial charge in [0, 0.05) is 4.90 Å². The smallest absolute Gasteiger partial charge is 0.141 e. The predicted octanol–water partition coefficient (Wildman–Crippen LogP) is 3.57. The highest BCUT2D eigenvalue weighted by atomic mass is 32.2. The Balaban J connectivity index is 1.94. The SMILES string of the molecule is OC1(Sc2ccccc2)CCc2ccccc21. The van der Waals surface area contributed by atoms with E-state index in [4.69, 9.17) is 0 Å². The number of aliphatic hydroxyl groups is 1. The van der Waals surface area contributed by atoms with E-state index in [1.165, 1.54) is 5.56 Å². The quantitative estimate of drug-likeness (QED) is 0.812. The average molecular weight is 242 g/mol. The molecule has 1 nitrogen and oxygen atoms in total. The van der Waals surface area contributed by atoms with Crippen molar-refractivity contribution in [2.45, 2.75) is 22.7 Å². The number of aryl methyl sites for hydroxylation is 1. The van der Waals surface area contributed by atoms with Gasteiger partial charge in [-0.2, -0.15) is 0 Å². The number of fused-ring (bicyclic) bond motifs is 1. The lowest BCUT2D eigenvalue weighted by atomic mass is 10.1. The molecule has 0 amide bonds. The van der Waals surface area contributed by atoms with E-state index in [1.807, 2.05) is 48.5 Å². The highest BCUT2D eigenvalue weighted by Crippen LogP contribution is 2.47. The van der Waals surface area contributed by atoms with Gasteiger partial charge in [-0.3, -0.25) is 0 Å². The maximum Gasteiger partial charge on any atom is 0.141 e. The Morgan fingerprint density at radius 1 is 0.941 bits per heavy atom. The monoisotopic (exact) mass is 242 g/mol. The molecular weight excluding hydrogens is 228 g/mol. The maximum atomic E-state index is 10.8. The van der Waals surface area contributed by atoms with Gasteiger partial charge in [-0.15, -0.1) is 0 Å². The maximum absolute atomic E-state index is 10.8. The van der Waals surface area contributed by atoms with Crippen molar-refractivity contribution in [1.29, 1.82) is 0 Å². The zero-order valence-electron chi connectivity index (χ0n) is 9.47. The minimum atomic E-state index is -0.752. The molecule has 0 fully saturated rings. The van der Waals surface area contributed by atoms with Crippen LogP contribution in [0.1, 0.15) is 17.5 Å². The molecule has 0 radical (unpaired) electrons. The Morgan fingerprint density at radius 2 is 1.65 bits per heavy atom. The molecule has 0 aliphatic heterocycles. The average Bonchev–Trinajstić information content (AvgIpc) is 2.69. The highest BCUT2D eigenvalue weighted by molar-refractivity contribution is 8.00. The summed E-state index contributed by atoms with van der Waals surface area (Å²) in [6, 6.07) is 18.3. The lowest BCUT2D eigenvalue weighted by molar-refractivity contribution is 0.139. The third-order valence-electron chi connectivity index (χ3n) is 3.20. The van der Waals surface area contributed by atoms with Crippen molar-refractivity contribution in [3.8, 4) is 0 Å². The Morgan fingerprint density at radius 3 is 2.47 bits per heavy atom. The van der Waals surface area contributed by atoms with Crippen LogP contribution in [0.15, 0.2) is 59.5 Å². The van der Waals surface area contributed by atoms with Gasteiger partial charge in [0.25, 0.3) is 0 Å². The molecule has 1 atom stereocenters. The first-order valence-corrected chi connectivity index (χ1v) is 6.64. The van der Waals surface area contributed by atoms with E-state index in [1.54, 1.807) is 11.8 Å². The molecule has 3 rings (SSSR count). The molecule has 0 saturated carbocycles. The predicted molar refractivity (Wildman–Crippen MR) is 71.0 cm³/mol. The van der Waals surface area contributed by atoms with Gasteiger partial charge in [-0.1, -0.05) is 54.2 Å². The highest BCUT2D eigenvalue weighted by Gasteiger charge is 2.37. The number of rotatable bonds is 2. The van der Waals surface area contributed by atoms with Crippen molar-refractivity contribution < 1.29 is 5.11 Å². The minimum absolute atomic E-state index is 0.752. The topological polar surface area (TPSA) is 20.2 Å². The number of hydrogen-bond donors (Lipinski definition) is 1. The molecule has 17 heavy (non-hydrogen) atoms. The van der Waals surface area contributed by atoms with E-state index in [2.05, 4.69) is 6.07 Å². The standard InChI is InChI=1S/C15H14OS/c16-15(17-13-7-2-1-3-8-13)11-10-12-6-4-5-9-14(12)15/h1-9,16H,10-11H2. The van der Waals surface area contributed by atoms with E-state index in [0.717, 1.165) is 23.3 Å². The van der Waals surface area contributed by atoms with Gasteiger partial charge in [0.05, 0.1) is 0 Å². The van der Waals surface area contributed by atoms with Crippen molar-refractivity contribution in [3.63, 3.8) is 0 Å². The third kappa shape index (κ3) is 1.99. The van der Waals surface area contributed by atoms with Crippen molar-refractivity contribution in [2.75, 3.05) is 0 Å². The Kier molecular flexibility index (Phi) is 2.69. The summed E-state index contributed by atoms with van der Waals surface area (Å²) in [4.78, 5) is 0.365. The van der Waals surface area contributed by atoms with Crippen molar-refractivity contribution in [2.24, 2.45) is 0 Å². The Hall–Kier alpha value is -1.25. The van der Waals surface area contributed by atoms with Crippen molar-refractivity contribution in [3.05, 3.63) is 65.7 Å². The van der Waals surface area contributed by atoms with E-state index in [9.17, 15) is 5.11 Å². The molecule has 2 aromatic carbocycles. The number of hydrogen-bond acceptors (Lipinski definition) is 2. The van der Waals surface area contributed by atoms with Crippen LogP contribution in [0.2, 0.25) is 0 Å². The molecule has 1 aliphatic carbocycles. The summed E-state index contributed by atoms with van der Waals surface area (Å²) >= 11 is 1.55. The van der Waals surface area contributed by atoms with E-state index >= 15 is 0 Å². The van der Waals surface area contributed by atoms with Gasteiger partial charge in [-0.25, -0.2) is 0 Å². The lowest BCUT2D eigenvalue weighted by Gasteiger charge is -2.23. The minimum Gasteiger partial charge on any atom is -0.375 e. The van der Waals surface area contributed by atoms with Crippen molar-refractivity contribution >= 4 is 11.8 Å². The van der Waals surface area contributed by atoms with Crippen LogP contribution < -0.4 is 0 Å². The van der Waals surface area contributed by atoms with Crippen LogP contribution in [-0.4, -0.2) is 5.11 Å². The second-order valence-corrected chi connectivity index (χ2v) is 5.71. The van der Waals surface area contributed by atoms with Crippen LogP contribution in [0, 0.1) is 0 Å². The normalized spacial score (nSPS) is 22.4. The van der Waals surface area contributed by atoms with Crippen LogP contribution in [0.25, 0.3) is 0 Å². The van der Waals surface area contributed by atoms with Gasteiger partial charge in [0.15, 0.2) is 0 Å². The zero-order chi connectivity index (χ0) is 11.7. The summed E-state index contributed by atoms with van der Waals surface area (Å²) in [5, 5.41) is 10.8. The lowest BCUT2D eigenvalue weighted by Crippen LogP contribution is -2.16. The molecule has 1 N–H and O–H groups in total. The summed E-state index contributed by atoms with van der Waals surface area (Å²) in [6.45, 7) is 0. The van der Waals surface area contributed by atoms with Crippen LogP contribution in [0.4, 0.5) is 0 Å². The largest absolute Gasteiger partial charge is 0.375 e. The summed E-state index contributed by atoms with van der Waals surface area (Å²) < 4.78 is 0. The van der Waals surface area contributed by atoms with Gasteiger partial charge in [0.1, 0.15) is 4.93 Å². The molecule has 1 aliphatic rings. The van der Waals surface area contributed by atoms with Gasteiger partial charge in [0.2, 0.25) is 0 Å². The van der Waals surface area contributed by atoms with E-state index in [-0.39, 0.29) is 0 Å². The van der Waals surface area contributed by atoms with Gasteiger partial charge < -0.3 is 5.11 Å². The first-order chi connectivity index (χ1) is 8.28. The second kappa shape index (κ2) is 4.21. The zero-order valence-corrected chi connectivity index (χ0v) is 10.3. The summed E-state index contributed by atoms with van der Waals surface area (Å²) in [5.74, 6) is 0. The van der Waals surface area contributed by atoms with E-state index in [0.29, 0.717) is 0 Å². The molecule has 2 aromatic rings. The van der Waals surface area contributed by atoms with E-state index < -0.39 is 4.93 Å². The Labute approximate surface area is 105 Å². The molecule has 0 bridgehead atoms. The van der Waals surface area contributed by atoms with Crippen LogP contribution in [0.3, 0.4) is 0 Å². The second-order valence-electron chi connectivity index (χ2n) is 4.36. The van der Waals surface area contributed by atoms with Crippen LogP contribution >= 0.6 is 11.8 Å². The molecule has 0 aromatic heterocycles. The molecule has 0 spiro atoms. The molecule has 1 unspecified atom stereocenters. The fourth-order valence-electron chi connectivity index (χ4n) is 2.35. The first kappa shape index (κ1) is 10.9. The molecule has 86 valence electrons. The molecular formula is C15H14OS. The van der Waals surface area contributed by atoms with Crippen molar-refractivity contribution in [1.82, 2.24) is 0 Å². The summed E-state index contributed by atoms with van der Waals surface area (Å²) in [7, 11) is 0. The van der Waals surface area contributed by atoms with Gasteiger partial charge >= 0.3 is 0 Å². The summed E-state index contributed by atoms with van der Waals surface area (Å²) in [6.07, 6.45) is 1.76. The number of thioether (sulfide) groups is 1. The van der Waals surface area contributed by atoms with Gasteiger partial charge in [-0.05, 0) is 36.1 Å². The fraction of sp³-hybridized carbons (Fsp3) is 0.200. The van der Waals surface area contributed by atoms with Crippen LogP contribution in [0.5, 0.6) is 0 Å². The number of benzene rings is 2.